The van der Waals surface area contributed by atoms with Crippen LogP contribution in [-0.2, 0) is 16.1 Å². The van der Waals surface area contributed by atoms with Gasteiger partial charge in [0, 0.05) is 37.9 Å². The second-order valence-corrected chi connectivity index (χ2v) is 6.59. The number of hydrogen-bond acceptors (Lipinski definition) is 4. The van der Waals surface area contributed by atoms with Crippen molar-refractivity contribution in [2.45, 2.75) is 45.7 Å². The third-order valence-corrected chi connectivity index (χ3v) is 4.91. The van der Waals surface area contributed by atoms with E-state index in [4.69, 9.17) is 5.73 Å². The monoisotopic (exact) mass is 368 g/mol. The summed E-state index contributed by atoms with van der Waals surface area (Å²) in [5, 5.41) is 2.96. The van der Waals surface area contributed by atoms with Crippen LogP contribution in [0.25, 0.3) is 0 Å². The van der Waals surface area contributed by atoms with Crippen molar-refractivity contribution in [1.29, 1.82) is 0 Å². The highest BCUT2D eigenvalue weighted by Crippen LogP contribution is 2.19. The molecule has 1 aliphatic heterocycles. The molecule has 1 aromatic heterocycles. The Morgan fingerprint density at radius 1 is 1.40 bits per heavy atom. The Kier molecular flexibility index (Phi) is 8.86. The number of pyridine rings is 1. The summed E-state index contributed by atoms with van der Waals surface area (Å²) in [6.07, 6.45) is 5.73. The SMILES string of the molecule is CCC(C)C(N)C(=O)N1CCC(C(=O)NCc2cccnc2)CC1.Cl. The van der Waals surface area contributed by atoms with E-state index in [-0.39, 0.29) is 36.1 Å². The van der Waals surface area contributed by atoms with Crippen molar-refractivity contribution in [3.05, 3.63) is 30.1 Å². The lowest BCUT2D eigenvalue weighted by Crippen LogP contribution is -2.50. The minimum atomic E-state index is -0.439. The van der Waals surface area contributed by atoms with Crippen molar-refractivity contribution in [3.63, 3.8) is 0 Å². The fourth-order valence-electron chi connectivity index (χ4n) is 2.91. The molecule has 0 spiro atoms. The first kappa shape index (κ1) is 21.4. The highest BCUT2D eigenvalue weighted by molar-refractivity contribution is 5.85. The summed E-state index contributed by atoms with van der Waals surface area (Å²) < 4.78 is 0. The molecule has 1 aromatic rings. The zero-order chi connectivity index (χ0) is 17.5. The molecule has 1 fully saturated rings. The number of nitrogens with one attached hydrogen (secondary N) is 1. The Morgan fingerprint density at radius 2 is 2.08 bits per heavy atom. The summed E-state index contributed by atoms with van der Waals surface area (Å²) in [6, 6.07) is 3.35. The molecule has 3 N–H and O–H groups in total. The van der Waals surface area contributed by atoms with Crippen molar-refractivity contribution < 1.29 is 9.59 Å². The molecule has 0 bridgehead atoms. The Hall–Kier alpha value is -1.66. The minimum Gasteiger partial charge on any atom is -0.352 e. The molecule has 7 heteroatoms. The van der Waals surface area contributed by atoms with Crippen molar-refractivity contribution in [2.75, 3.05) is 13.1 Å². The van der Waals surface area contributed by atoms with Gasteiger partial charge in [-0.3, -0.25) is 14.6 Å². The number of carbonyl (C=O) groups is 2. The van der Waals surface area contributed by atoms with Crippen molar-refractivity contribution >= 4 is 24.2 Å². The van der Waals surface area contributed by atoms with E-state index in [1.165, 1.54) is 0 Å². The maximum Gasteiger partial charge on any atom is 0.239 e. The van der Waals surface area contributed by atoms with Crippen LogP contribution in [0.15, 0.2) is 24.5 Å². The van der Waals surface area contributed by atoms with E-state index in [1.54, 1.807) is 12.4 Å². The number of carbonyl (C=O) groups excluding carboxylic acids is 2. The standard InChI is InChI=1S/C18H28N4O2.ClH/c1-3-13(2)16(19)18(24)22-9-6-15(7-10-22)17(23)21-12-14-5-4-8-20-11-14;/h4-5,8,11,13,15-16H,3,6-7,9-10,12,19H2,1-2H3,(H,21,23);1H. The summed E-state index contributed by atoms with van der Waals surface area (Å²) in [6.45, 7) is 5.74. The molecule has 2 atom stereocenters. The summed E-state index contributed by atoms with van der Waals surface area (Å²) in [4.78, 5) is 30.5. The van der Waals surface area contributed by atoms with E-state index in [0.29, 0.717) is 32.5 Å². The fourth-order valence-corrected chi connectivity index (χ4v) is 2.91. The molecule has 0 aliphatic carbocycles. The molecule has 2 heterocycles. The molecular formula is C18H29ClN4O2. The molecule has 6 nitrogen and oxygen atoms in total. The van der Waals surface area contributed by atoms with Crippen LogP contribution in [0.3, 0.4) is 0 Å². The van der Waals surface area contributed by atoms with Gasteiger partial charge in [0.2, 0.25) is 11.8 Å². The third-order valence-electron chi connectivity index (χ3n) is 4.91. The van der Waals surface area contributed by atoms with Crippen molar-refractivity contribution in [2.24, 2.45) is 17.6 Å². The lowest BCUT2D eigenvalue weighted by molar-refractivity contribution is -0.137. The molecule has 2 rings (SSSR count). The molecule has 1 saturated heterocycles. The normalized spacial score (nSPS) is 17.3. The summed E-state index contributed by atoms with van der Waals surface area (Å²) >= 11 is 0. The average molecular weight is 369 g/mol. The zero-order valence-corrected chi connectivity index (χ0v) is 15.8. The molecule has 0 aromatic carbocycles. The van der Waals surface area contributed by atoms with Gasteiger partial charge in [-0.1, -0.05) is 26.3 Å². The van der Waals surface area contributed by atoms with E-state index in [0.717, 1.165) is 12.0 Å². The lowest BCUT2D eigenvalue weighted by Gasteiger charge is -2.34. The van der Waals surface area contributed by atoms with Crippen molar-refractivity contribution in [1.82, 2.24) is 15.2 Å². The van der Waals surface area contributed by atoms with Gasteiger partial charge in [0.25, 0.3) is 0 Å². The third kappa shape index (κ3) is 5.97. The van der Waals surface area contributed by atoms with Crippen LogP contribution in [-0.4, -0.2) is 40.8 Å². The summed E-state index contributed by atoms with van der Waals surface area (Å²) in [5.74, 6) is 0.208. The maximum absolute atomic E-state index is 12.4. The van der Waals surface area contributed by atoms with Crippen LogP contribution in [0.2, 0.25) is 0 Å². The van der Waals surface area contributed by atoms with Gasteiger partial charge in [-0.25, -0.2) is 0 Å². The van der Waals surface area contributed by atoms with Crippen LogP contribution in [0.5, 0.6) is 0 Å². The van der Waals surface area contributed by atoms with E-state index in [1.807, 2.05) is 30.9 Å². The van der Waals surface area contributed by atoms with Gasteiger partial charge in [0.15, 0.2) is 0 Å². The van der Waals surface area contributed by atoms with Crippen LogP contribution < -0.4 is 11.1 Å². The molecule has 0 radical (unpaired) electrons. The molecule has 2 amide bonds. The molecule has 140 valence electrons. The highest BCUT2D eigenvalue weighted by Gasteiger charge is 2.30. The first-order valence-corrected chi connectivity index (χ1v) is 8.74. The first-order chi connectivity index (χ1) is 11.5. The zero-order valence-electron chi connectivity index (χ0n) is 15.0. The average Bonchev–Trinajstić information content (AvgIpc) is 2.65. The first-order valence-electron chi connectivity index (χ1n) is 8.74. The predicted octanol–water partition coefficient (Wildman–Crippen LogP) is 1.73. The van der Waals surface area contributed by atoms with Crippen molar-refractivity contribution in [3.8, 4) is 0 Å². The van der Waals surface area contributed by atoms with Gasteiger partial charge in [0.1, 0.15) is 0 Å². The quantitative estimate of drug-likeness (QED) is 0.800. The number of nitrogens with zero attached hydrogens (tertiary/aromatic N) is 2. The van der Waals surface area contributed by atoms with Gasteiger partial charge in [-0.2, -0.15) is 0 Å². The van der Waals surface area contributed by atoms with Crippen LogP contribution in [0, 0.1) is 11.8 Å². The number of nitrogens with two attached hydrogens (primary N) is 1. The van der Waals surface area contributed by atoms with Crippen LogP contribution >= 0.6 is 12.4 Å². The molecular weight excluding hydrogens is 340 g/mol. The Bertz CT molecular complexity index is 547. The number of likely N-dealkylation sites (tertiary alicyclic amines) is 1. The fraction of sp³-hybridized carbons (Fsp3) is 0.611. The summed E-state index contributed by atoms with van der Waals surface area (Å²) in [5.41, 5.74) is 7.02. The smallest absolute Gasteiger partial charge is 0.239 e. The second-order valence-electron chi connectivity index (χ2n) is 6.59. The van der Waals surface area contributed by atoms with Gasteiger partial charge >= 0.3 is 0 Å². The number of rotatable bonds is 6. The molecule has 2 unspecified atom stereocenters. The maximum atomic E-state index is 12.4. The number of amides is 2. The largest absolute Gasteiger partial charge is 0.352 e. The number of aromatic nitrogens is 1. The topological polar surface area (TPSA) is 88.3 Å². The minimum absolute atomic E-state index is 0. The molecule has 1 aliphatic rings. The number of hydrogen-bond donors (Lipinski definition) is 2. The van der Waals surface area contributed by atoms with Crippen LogP contribution in [0.4, 0.5) is 0 Å². The molecule has 0 saturated carbocycles. The van der Waals surface area contributed by atoms with Gasteiger partial charge in [-0.15, -0.1) is 12.4 Å². The molecule has 25 heavy (non-hydrogen) atoms. The lowest BCUT2D eigenvalue weighted by atomic mass is 9.93. The summed E-state index contributed by atoms with van der Waals surface area (Å²) in [7, 11) is 0. The second kappa shape index (κ2) is 10.4. The predicted molar refractivity (Wildman–Crippen MR) is 100 cm³/mol. The van der Waals surface area contributed by atoms with E-state index >= 15 is 0 Å². The van der Waals surface area contributed by atoms with E-state index in [9.17, 15) is 9.59 Å². The van der Waals surface area contributed by atoms with E-state index < -0.39 is 6.04 Å². The highest BCUT2D eigenvalue weighted by atomic mass is 35.5. The van der Waals surface area contributed by atoms with Gasteiger partial charge in [-0.05, 0) is 30.4 Å². The van der Waals surface area contributed by atoms with Crippen LogP contribution in [0.1, 0.15) is 38.7 Å². The Balaban J connectivity index is 0.00000312. The van der Waals surface area contributed by atoms with Gasteiger partial charge < -0.3 is 16.0 Å². The Morgan fingerprint density at radius 3 is 2.64 bits per heavy atom. The van der Waals surface area contributed by atoms with Gasteiger partial charge in [0.05, 0.1) is 6.04 Å². The Labute approximate surface area is 156 Å². The number of halogens is 1. The van der Waals surface area contributed by atoms with E-state index in [2.05, 4.69) is 10.3 Å². The number of piperidine rings is 1.